The molecule has 1 aromatic carbocycles. The highest BCUT2D eigenvalue weighted by Gasteiger charge is 2.07. The molecule has 0 atom stereocenters. The van der Waals surface area contributed by atoms with E-state index in [0.717, 1.165) is 0 Å². The highest BCUT2D eigenvalue weighted by atomic mass is 16.1. The van der Waals surface area contributed by atoms with Crippen LogP contribution >= 0.6 is 0 Å². The number of rotatable bonds is 3. The molecule has 17 heavy (non-hydrogen) atoms. The van der Waals surface area contributed by atoms with E-state index in [1.807, 2.05) is 38.4 Å². The molecule has 0 spiro atoms. The van der Waals surface area contributed by atoms with Crippen LogP contribution in [0.5, 0.6) is 0 Å². The Labute approximate surface area is 101 Å². The predicted octanol–water partition coefficient (Wildman–Crippen LogP) is 2.59. The molecule has 0 aliphatic heterocycles. The van der Waals surface area contributed by atoms with Crippen LogP contribution in [0, 0.1) is 6.92 Å². The van der Waals surface area contributed by atoms with Crippen LogP contribution in [0.2, 0.25) is 0 Å². The summed E-state index contributed by atoms with van der Waals surface area (Å²) in [5.41, 5.74) is 2.47. The Morgan fingerprint density at radius 3 is 2.47 bits per heavy atom. The van der Waals surface area contributed by atoms with Gasteiger partial charge in [0, 0.05) is 18.4 Å². The van der Waals surface area contributed by atoms with E-state index in [1.165, 1.54) is 11.1 Å². The predicted molar refractivity (Wildman–Crippen MR) is 69.4 cm³/mol. The number of nitrogens with zero attached hydrogens (tertiary/aromatic N) is 2. The average Bonchev–Trinajstić information content (AvgIpc) is 2.64. The molecule has 3 heteroatoms. The number of aryl methyl sites for hydroxylation is 1. The van der Waals surface area contributed by atoms with Crippen molar-refractivity contribution in [1.29, 1.82) is 0 Å². The van der Waals surface area contributed by atoms with Crippen LogP contribution in [0.3, 0.4) is 0 Å². The zero-order chi connectivity index (χ0) is 12.4. The number of aromatic nitrogens is 2. The molecule has 2 rings (SSSR count). The molecule has 0 saturated carbocycles. The summed E-state index contributed by atoms with van der Waals surface area (Å²) in [6.07, 6.45) is 3.71. The lowest BCUT2D eigenvalue weighted by atomic mass is 10.1. The third kappa shape index (κ3) is 2.33. The van der Waals surface area contributed by atoms with Crippen molar-refractivity contribution in [3.8, 4) is 0 Å². The summed E-state index contributed by atoms with van der Waals surface area (Å²) >= 11 is 0. The van der Waals surface area contributed by atoms with Crippen molar-refractivity contribution in [3.63, 3.8) is 0 Å². The summed E-state index contributed by atoms with van der Waals surface area (Å²) in [5, 5.41) is 0. The molecule has 1 aromatic heterocycles. The highest BCUT2D eigenvalue weighted by Crippen LogP contribution is 2.08. The molecular formula is C14H18N2O. The summed E-state index contributed by atoms with van der Waals surface area (Å²) in [6.45, 7) is 6.74. The van der Waals surface area contributed by atoms with E-state index in [4.69, 9.17) is 0 Å². The number of hydrogen-bond acceptors (Lipinski definition) is 1. The first-order valence-electron chi connectivity index (χ1n) is 5.91. The van der Waals surface area contributed by atoms with Gasteiger partial charge in [0.2, 0.25) is 0 Å². The molecule has 1 heterocycles. The van der Waals surface area contributed by atoms with Crippen LogP contribution in [0.25, 0.3) is 0 Å². The Morgan fingerprint density at radius 1 is 1.18 bits per heavy atom. The maximum Gasteiger partial charge on any atom is 0.328 e. The van der Waals surface area contributed by atoms with Crippen molar-refractivity contribution in [2.45, 2.75) is 33.4 Å². The lowest BCUT2D eigenvalue weighted by Gasteiger charge is -2.07. The second-order valence-electron chi connectivity index (χ2n) is 4.64. The zero-order valence-electron chi connectivity index (χ0n) is 10.6. The molecule has 0 unspecified atom stereocenters. The number of hydrogen-bond donors (Lipinski definition) is 0. The topological polar surface area (TPSA) is 26.9 Å². The van der Waals surface area contributed by atoms with E-state index in [-0.39, 0.29) is 11.7 Å². The van der Waals surface area contributed by atoms with Gasteiger partial charge in [-0.2, -0.15) is 0 Å². The second-order valence-corrected chi connectivity index (χ2v) is 4.64. The monoisotopic (exact) mass is 230 g/mol. The Morgan fingerprint density at radius 2 is 1.88 bits per heavy atom. The van der Waals surface area contributed by atoms with Gasteiger partial charge in [0.05, 0.1) is 6.54 Å². The van der Waals surface area contributed by atoms with Crippen LogP contribution in [0.1, 0.15) is 31.0 Å². The van der Waals surface area contributed by atoms with E-state index in [1.54, 1.807) is 9.13 Å². The van der Waals surface area contributed by atoms with Gasteiger partial charge >= 0.3 is 5.69 Å². The summed E-state index contributed by atoms with van der Waals surface area (Å²) in [7, 11) is 0. The first-order valence-corrected chi connectivity index (χ1v) is 5.91. The van der Waals surface area contributed by atoms with Crippen molar-refractivity contribution >= 4 is 0 Å². The molecule has 0 aliphatic rings. The van der Waals surface area contributed by atoms with Gasteiger partial charge in [0.1, 0.15) is 0 Å². The Balaban J connectivity index is 2.32. The minimum Gasteiger partial charge on any atom is -0.297 e. The Kier molecular flexibility index (Phi) is 3.18. The minimum absolute atomic E-state index is 0.0586. The van der Waals surface area contributed by atoms with Crippen molar-refractivity contribution < 1.29 is 0 Å². The van der Waals surface area contributed by atoms with Crippen molar-refractivity contribution in [2.24, 2.45) is 0 Å². The first-order chi connectivity index (χ1) is 8.09. The van der Waals surface area contributed by atoms with Gasteiger partial charge in [-0.25, -0.2) is 4.79 Å². The lowest BCUT2D eigenvalue weighted by molar-refractivity contribution is 0.561. The SMILES string of the molecule is Cc1ccccc1Cn1ccn(C(C)C)c1=O. The molecule has 0 aliphatic carbocycles. The molecule has 2 aromatic rings. The molecule has 3 nitrogen and oxygen atoms in total. The molecule has 0 saturated heterocycles. The Hall–Kier alpha value is -1.77. The fourth-order valence-corrected chi connectivity index (χ4v) is 1.91. The standard InChI is InChI=1S/C14H18N2O/c1-11(2)16-9-8-15(14(16)17)10-13-7-5-4-6-12(13)3/h4-9,11H,10H2,1-3H3. The summed E-state index contributed by atoms with van der Waals surface area (Å²) in [5.74, 6) is 0. The van der Waals surface area contributed by atoms with E-state index < -0.39 is 0 Å². The fourth-order valence-electron chi connectivity index (χ4n) is 1.91. The van der Waals surface area contributed by atoms with E-state index in [9.17, 15) is 4.79 Å². The van der Waals surface area contributed by atoms with E-state index in [2.05, 4.69) is 19.1 Å². The normalized spacial score (nSPS) is 11.1. The highest BCUT2D eigenvalue weighted by molar-refractivity contribution is 5.25. The van der Waals surface area contributed by atoms with Crippen molar-refractivity contribution in [3.05, 3.63) is 58.3 Å². The van der Waals surface area contributed by atoms with Crippen LogP contribution in [0.4, 0.5) is 0 Å². The van der Waals surface area contributed by atoms with Crippen molar-refractivity contribution in [2.75, 3.05) is 0 Å². The molecule has 0 fully saturated rings. The molecule has 90 valence electrons. The third-order valence-electron chi connectivity index (χ3n) is 3.03. The average molecular weight is 230 g/mol. The smallest absolute Gasteiger partial charge is 0.297 e. The minimum atomic E-state index is 0.0586. The molecule has 0 amide bonds. The van der Waals surface area contributed by atoms with Gasteiger partial charge in [-0.15, -0.1) is 0 Å². The van der Waals surface area contributed by atoms with Crippen LogP contribution in [-0.2, 0) is 6.54 Å². The van der Waals surface area contributed by atoms with Gasteiger partial charge in [-0.1, -0.05) is 24.3 Å². The summed E-state index contributed by atoms with van der Waals surface area (Å²) < 4.78 is 3.50. The molecule has 0 bridgehead atoms. The summed E-state index contributed by atoms with van der Waals surface area (Å²) in [6, 6.07) is 8.36. The largest absolute Gasteiger partial charge is 0.328 e. The van der Waals surface area contributed by atoms with Crippen molar-refractivity contribution in [1.82, 2.24) is 9.13 Å². The second kappa shape index (κ2) is 4.62. The first kappa shape index (κ1) is 11.7. The maximum absolute atomic E-state index is 12.1. The molecule has 0 radical (unpaired) electrons. The maximum atomic E-state index is 12.1. The summed E-state index contributed by atoms with van der Waals surface area (Å²) in [4.78, 5) is 12.1. The van der Waals surface area contributed by atoms with Gasteiger partial charge in [-0.05, 0) is 31.9 Å². The van der Waals surface area contributed by atoms with Crippen LogP contribution in [0.15, 0.2) is 41.5 Å². The van der Waals surface area contributed by atoms with Gasteiger partial charge in [0.15, 0.2) is 0 Å². The third-order valence-corrected chi connectivity index (χ3v) is 3.03. The van der Waals surface area contributed by atoms with Gasteiger partial charge in [0.25, 0.3) is 0 Å². The molecular weight excluding hydrogens is 212 g/mol. The molecule has 0 N–H and O–H groups in total. The zero-order valence-corrected chi connectivity index (χ0v) is 10.6. The van der Waals surface area contributed by atoms with Crippen LogP contribution in [-0.4, -0.2) is 9.13 Å². The number of imidazole rings is 1. The lowest BCUT2D eigenvalue weighted by Crippen LogP contribution is -2.25. The van der Waals surface area contributed by atoms with E-state index >= 15 is 0 Å². The Bertz CT molecular complexity index is 564. The fraction of sp³-hybridized carbons (Fsp3) is 0.357. The quantitative estimate of drug-likeness (QED) is 0.796. The van der Waals surface area contributed by atoms with Gasteiger partial charge in [-0.3, -0.25) is 9.13 Å². The number of benzene rings is 1. The van der Waals surface area contributed by atoms with E-state index in [0.29, 0.717) is 6.54 Å². The van der Waals surface area contributed by atoms with Crippen LogP contribution < -0.4 is 5.69 Å². The van der Waals surface area contributed by atoms with Gasteiger partial charge < -0.3 is 0 Å².